The molecule has 0 bridgehead atoms. The van der Waals surface area contributed by atoms with E-state index >= 15 is 0 Å². The summed E-state index contributed by atoms with van der Waals surface area (Å²) >= 11 is 0. The molecule has 0 saturated carbocycles. The van der Waals surface area contributed by atoms with E-state index < -0.39 is 79.1 Å². The Bertz CT molecular complexity index is 426. The summed E-state index contributed by atoms with van der Waals surface area (Å²) in [4.78, 5) is 0. The predicted octanol–water partition coefficient (Wildman–Crippen LogP) is -0.604. The Balaban J connectivity index is 3.13. The van der Waals surface area contributed by atoms with Crippen LogP contribution in [0.5, 0.6) is 0 Å². The van der Waals surface area contributed by atoms with Crippen LogP contribution < -0.4 is 0 Å². The number of unbranched alkanes of at least 4 members (excludes halogenated alkanes) is 16. The minimum atomic E-state index is -1.04. The van der Waals surface area contributed by atoms with E-state index in [0.717, 1.165) is 10.5 Å². The molecular weight excluding hydrogens is 621 g/mol. The Morgan fingerprint density at radius 2 is 0.784 bits per heavy atom. The van der Waals surface area contributed by atoms with Gasteiger partial charge in [-0.15, -0.1) is 0 Å². The molecule has 0 aliphatic rings. The fraction of sp³-hybridized carbons (Fsp3) is 1.00. The van der Waals surface area contributed by atoms with Crippen LogP contribution in [0.3, 0.4) is 0 Å². The minimum Gasteiger partial charge on any atom is -0.449 e. The van der Waals surface area contributed by atoms with Crippen molar-refractivity contribution < 1.29 is 32.9 Å². The van der Waals surface area contributed by atoms with Crippen molar-refractivity contribution in [2.75, 3.05) is 0 Å². The van der Waals surface area contributed by atoms with Crippen molar-refractivity contribution in [2.45, 2.75) is 129 Å². The molecule has 0 aromatic rings. The molecule has 17 heteroatoms. The topological polar surface area (TPSA) is 73.8 Å². The van der Waals surface area contributed by atoms with Crippen molar-refractivity contribution in [3.63, 3.8) is 0 Å². The zero-order chi connectivity index (χ0) is 26.9. The molecule has 0 amide bonds. The molecule has 0 N–H and O–H groups in total. The van der Waals surface area contributed by atoms with Crippen LogP contribution in [0, 0.1) is 0 Å². The molecule has 1 unspecified atom stereocenters. The van der Waals surface area contributed by atoms with Gasteiger partial charge in [-0.1, -0.05) is 116 Å². The summed E-state index contributed by atoms with van der Waals surface area (Å²) in [5.41, 5.74) is 0. The SMILES string of the molecule is CCCCCCCCCCCCCCCCCCC[SiH](C)O[SiH2]O[SiH2]O[SiH2]O[SiH2]O[SiH2]O[SiH2]O[SiH2]O[SiH3]. The van der Waals surface area contributed by atoms with Crippen LogP contribution in [0.4, 0.5) is 0 Å². The standard InChI is InChI=1S/C20H60O8Si9/c1-3-4-5-6-7-8-9-10-11-12-13-14-15-16-17-18-19-20-37(2)28-36-27-35-26-34-25-33-24-32-23-31-22-30-21-29/h37H,3-20,30-36H2,1-2,29H3. The first-order chi connectivity index (χ1) is 18.3. The van der Waals surface area contributed by atoms with Gasteiger partial charge in [-0.25, -0.2) is 0 Å². The molecule has 1 atom stereocenters. The molecule has 0 aliphatic carbocycles. The molecule has 0 aromatic heterocycles. The smallest absolute Gasteiger partial charge is 0.286 e. The molecule has 0 heterocycles. The molecule has 0 aliphatic heterocycles. The Morgan fingerprint density at radius 3 is 1.16 bits per heavy atom. The third-order valence-electron chi connectivity index (χ3n) is 6.18. The van der Waals surface area contributed by atoms with Crippen LogP contribution in [-0.4, -0.2) is 89.6 Å². The van der Waals surface area contributed by atoms with Crippen LogP contribution in [0.25, 0.3) is 0 Å². The molecule has 0 rings (SSSR count). The van der Waals surface area contributed by atoms with Gasteiger partial charge in [-0.3, -0.25) is 0 Å². The lowest BCUT2D eigenvalue weighted by molar-refractivity contribution is 0.367. The Kier molecular flexibility index (Phi) is 37.2. The highest BCUT2D eigenvalue weighted by molar-refractivity contribution is 6.57. The van der Waals surface area contributed by atoms with Gasteiger partial charge in [0.2, 0.25) is 0 Å². The van der Waals surface area contributed by atoms with Gasteiger partial charge >= 0.3 is 0 Å². The average molecular weight is 681 g/mol. The summed E-state index contributed by atoms with van der Waals surface area (Å²) in [5, 5.41) is 0. The zero-order valence-corrected chi connectivity index (χ0v) is 37.6. The van der Waals surface area contributed by atoms with Gasteiger partial charge < -0.3 is 32.9 Å². The van der Waals surface area contributed by atoms with Gasteiger partial charge in [0.25, 0.3) is 70.0 Å². The summed E-state index contributed by atoms with van der Waals surface area (Å²) in [5.74, 6) is 0. The quantitative estimate of drug-likeness (QED) is 0.0673. The van der Waals surface area contributed by atoms with Crippen LogP contribution in [-0.2, 0) is 32.9 Å². The van der Waals surface area contributed by atoms with E-state index in [1.165, 1.54) is 115 Å². The van der Waals surface area contributed by atoms with Crippen LogP contribution in [0.1, 0.15) is 116 Å². The van der Waals surface area contributed by atoms with E-state index in [2.05, 4.69) is 13.5 Å². The largest absolute Gasteiger partial charge is 0.449 e. The summed E-state index contributed by atoms with van der Waals surface area (Å²) < 4.78 is 44.1. The van der Waals surface area contributed by atoms with Crippen molar-refractivity contribution in [3.05, 3.63) is 0 Å². The normalized spacial score (nSPS) is 14.8. The second-order valence-corrected chi connectivity index (χ2v) is 27.1. The molecule has 37 heavy (non-hydrogen) atoms. The van der Waals surface area contributed by atoms with E-state index in [9.17, 15) is 0 Å². The van der Waals surface area contributed by atoms with Gasteiger partial charge in [-0.05, 0) is 12.6 Å². The molecule has 224 valence electrons. The van der Waals surface area contributed by atoms with E-state index in [4.69, 9.17) is 32.9 Å². The summed E-state index contributed by atoms with van der Waals surface area (Å²) in [6, 6.07) is 1.29. The van der Waals surface area contributed by atoms with E-state index in [-0.39, 0.29) is 0 Å². The summed E-state index contributed by atoms with van der Waals surface area (Å²) in [7, 11) is -6.39. The lowest BCUT2D eigenvalue weighted by atomic mass is 10.0. The third kappa shape index (κ3) is 35.6. The van der Waals surface area contributed by atoms with E-state index in [0.29, 0.717) is 0 Å². The van der Waals surface area contributed by atoms with Gasteiger partial charge in [0.15, 0.2) is 9.04 Å². The molecule has 8 nitrogen and oxygen atoms in total. The maximum absolute atomic E-state index is 6.02. The molecule has 0 radical (unpaired) electrons. The molecule has 0 saturated heterocycles. The van der Waals surface area contributed by atoms with Gasteiger partial charge in [0, 0.05) is 0 Å². The van der Waals surface area contributed by atoms with E-state index in [1.54, 1.807) is 0 Å². The lowest BCUT2D eigenvalue weighted by Crippen LogP contribution is -2.22. The fourth-order valence-corrected chi connectivity index (χ4v) is 19.2. The molecular formula is C20H60O8Si9. The molecule has 0 aromatic carbocycles. The Hall–Kier alpha value is 1.63. The molecule has 0 spiro atoms. The van der Waals surface area contributed by atoms with Crippen molar-refractivity contribution >= 4 is 89.6 Å². The third-order valence-corrected chi connectivity index (χ3v) is 19.2. The zero-order valence-electron chi connectivity index (χ0n) is 24.5. The van der Waals surface area contributed by atoms with Gasteiger partial charge in [-0.2, -0.15) is 0 Å². The Morgan fingerprint density at radius 1 is 0.459 bits per heavy atom. The highest BCUT2D eigenvalue weighted by Gasteiger charge is 2.05. The van der Waals surface area contributed by atoms with Crippen molar-refractivity contribution in [1.29, 1.82) is 0 Å². The first-order valence-corrected chi connectivity index (χ1v) is 26.2. The highest BCUT2D eigenvalue weighted by atomic mass is 28.4. The van der Waals surface area contributed by atoms with Crippen molar-refractivity contribution in [2.24, 2.45) is 0 Å². The second kappa shape index (κ2) is 35.7. The number of rotatable bonds is 33. The summed E-state index contributed by atoms with van der Waals surface area (Å²) in [6.45, 7) is 4.60. The van der Waals surface area contributed by atoms with Gasteiger partial charge in [0.1, 0.15) is 10.5 Å². The van der Waals surface area contributed by atoms with Crippen molar-refractivity contribution in [1.82, 2.24) is 0 Å². The highest BCUT2D eigenvalue weighted by Crippen LogP contribution is 2.14. The molecule has 0 fully saturated rings. The first-order valence-electron chi connectivity index (χ1n) is 14.9. The lowest BCUT2D eigenvalue weighted by Gasteiger charge is -2.12. The predicted molar refractivity (Wildman–Crippen MR) is 180 cm³/mol. The number of hydrogen-bond donors (Lipinski definition) is 0. The monoisotopic (exact) mass is 680 g/mol. The maximum Gasteiger partial charge on any atom is 0.286 e. The average Bonchev–Trinajstić information content (AvgIpc) is 2.90. The van der Waals surface area contributed by atoms with Crippen molar-refractivity contribution in [3.8, 4) is 0 Å². The van der Waals surface area contributed by atoms with Crippen LogP contribution in [0.15, 0.2) is 0 Å². The van der Waals surface area contributed by atoms with Crippen LogP contribution >= 0.6 is 0 Å². The van der Waals surface area contributed by atoms with Crippen LogP contribution in [0.2, 0.25) is 12.6 Å². The van der Waals surface area contributed by atoms with E-state index in [1.807, 2.05) is 0 Å². The summed E-state index contributed by atoms with van der Waals surface area (Å²) in [6.07, 6.45) is 24.3. The Labute approximate surface area is 250 Å². The number of hydrogen-bond acceptors (Lipinski definition) is 8. The maximum atomic E-state index is 6.02. The fourth-order valence-electron chi connectivity index (χ4n) is 3.99. The second-order valence-electron chi connectivity index (χ2n) is 9.76. The minimum absolute atomic E-state index is 0.739. The first kappa shape index (κ1) is 38.6. The van der Waals surface area contributed by atoms with Gasteiger partial charge in [0.05, 0.1) is 0 Å².